The molecule has 5 nitrogen and oxygen atoms in total. The molecule has 0 radical (unpaired) electrons. The summed E-state index contributed by atoms with van der Waals surface area (Å²) in [5, 5.41) is 14.7. The van der Waals surface area contributed by atoms with E-state index in [0.717, 1.165) is 16.7 Å². The van der Waals surface area contributed by atoms with E-state index in [0.29, 0.717) is 37.8 Å². The van der Waals surface area contributed by atoms with E-state index >= 15 is 0 Å². The summed E-state index contributed by atoms with van der Waals surface area (Å²) >= 11 is 19.3. The van der Waals surface area contributed by atoms with E-state index in [4.69, 9.17) is 49.2 Å². The van der Waals surface area contributed by atoms with Gasteiger partial charge in [0.25, 0.3) is 0 Å². The zero-order valence-corrected chi connectivity index (χ0v) is 21.7. The molecular weight excluding hydrogens is 521 g/mol. The van der Waals surface area contributed by atoms with E-state index in [1.165, 1.54) is 0 Å². The lowest BCUT2D eigenvalue weighted by Crippen LogP contribution is -2.01. The number of ether oxygens (including phenoxy) is 1. The summed E-state index contributed by atoms with van der Waals surface area (Å²) in [6.07, 6.45) is 3.72. The van der Waals surface area contributed by atoms with Crippen molar-refractivity contribution in [2.24, 2.45) is 0 Å². The fourth-order valence-electron chi connectivity index (χ4n) is 3.65. The second kappa shape index (κ2) is 11.2. The van der Waals surface area contributed by atoms with Crippen LogP contribution in [0.25, 0.3) is 23.4 Å². The van der Waals surface area contributed by atoms with Crippen LogP contribution in [0.2, 0.25) is 15.1 Å². The lowest BCUT2D eigenvalue weighted by molar-refractivity contribution is 0.0697. The van der Waals surface area contributed by atoms with Crippen LogP contribution in [0.1, 0.15) is 52.6 Å². The standard InChI is InChI=1S/C28H22Cl3NO4/c1-16(2)27-21(26(32-36-27)25-22(29)4-3-5-23(25)30)15-35-20-13-12-18(24(31)14-20)9-6-17-7-10-19(11-8-17)28(33)34/h3-14,16H,15H2,1-2H3,(H,33,34)/b9-6+. The number of aromatic nitrogens is 1. The maximum Gasteiger partial charge on any atom is 0.335 e. The fourth-order valence-corrected chi connectivity index (χ4v) is 4.46. The molecule has 1 heterocycles. The van der Waals surface area contributed by atoms with Gasteiger partial charge in [0.05, 0.1) is 26.2 Å². The largest absolute Gasteiger partial charge is 0.489 e. The molecule has 0 atom stereocenters. The number of carboxylic acid groups (broad SMARTS) is 1. The molecule has 1 N–H and O–H groups in total. The summed E-state index contributed by atoms with van der Waals surface area (Å²) in [5.74, 6) is 0.389. The average molecular weight is 543 g/mol. The third kappa shape index (κ3) is 5.76. The molecule has 184 valence electrons. The SMILES string of the molecule is CC(C)c1onc(-c2c(Cl)cccc2Cl)c1COc1ccc(/C=C/c2ccc(C(=O)O)cc2)c(Cl)c1. The van der Waals surface area contributed by atoms with Crippen LogP contribution in [0.15, 0.2) is 65.2 Å². The molecule has 0 aliphatic rings. The second-order valence-corrected chi connectivity index (χ2v) is 9.58. The average Bonchev–Trinajstić information content (AvgIpc) is 3.26. The van der Waals surface area contributed by atoms with E-state index in [2.05, 4.69) is 5.16 Å². The molecule has 3 aromatic carbocycles. The number of hydrogen-bond acceptors (Lipinski definition) is 4. The lowest BCUT2D eigenvalue weighted by atomic mass is 10.0. The van der Waals surface area contributed by atoms with Crippen molar-refractivity contribution in [3.63, 3.8) is 0 Å². The molecule has 8 heteroatoms. The van der Waals surface area contributed by atoms with Crippen molar-refractivity contribution >= 4 is 52.9 Å². The van der Waals surface area contributed by atoms with Crippen molar-refractivity contribution in [1.82, 2.24) is 5.16 Å². The van der Waals surface area contributed by atoms with Crippen molar-refractivity contribution in [3.8, 4) is 17.0 Å². The minimum Gasteiger partial charge on any atom is -0.489 e. The highest BCUT2D eigenvalue weighted by Gasteiger charge is 2.23. The number of nitrogens with zero attached hydrogens (tertiary/aromatic N) is 1. The summed E-state index contributed by atoms with van der Waals surface area (Å²) in [4.78, 5) is 11.0. The minimum absolute atomic E-state index is 0.0757. The first-order chi connectivity index (χ1) is 17.2. The van der Waals surface area contributed by atoms with Gasteiger partial charge < -0.3 is 14.4 Å². The summed E-state index contributed by atoms with van der Waals surface area (Å²) < 4.78 is 11.7. The quantitative estimate of drug-likeness (QED) is 0.225. The topological polar surface area (TPSA) is 72.6 Å². The van der Waals surface area contributed by atoms with Gasteiger partial charge in [-0.2, -0.15) is 0 Å². The third-order valence-electron chi connectivity index (χ3n) is 5.51. The highest BCUT2D eigenvalue weighted by Crippen LogP contribution is 2.39. The van der Waals surface area contributed by atoms with Crippen LogP contribution in [0, 0.1) is 0 Å². The summed E-state index contributed by atoms with van der Waals surface area (Å²) in [5.41, 5.74) is 3.81. The van der Waals surface area contributed by atoms with Crippen LogP contribution in [-0.2, 0) is 6.61 Å². The van der Waals surface area contributed by atoms with E-state index in [1.807, 2.05) is 38.1 Å². The van der Waals surface area contributed by atoms with Gasteiger partial charge in [-0.25, -0.2) is 4.79 Å². The van der Waals surface area contributed by atoms with Crippen LogP contribution < -0.4 is 4.74 Å². The number of carbonyl (C=O) groups is 1. The van der Waals surface area contributed by atoms with E-state index in [9.17, 15) is 4.79 Å². The zero-order valence-electron chi connectivity index (χ0n) is 19.5. The minimum atomic E-state index is -0.960. The molecule has 0 spiro atoms. The number of halogens is 3. The van der Waals surface area contributed by atoms with Crippen LogP contribution in [0.4, 0.5) is 0 Å². The van der Waals surface area contributed by atoms with E-state index in [-0.39, 0.29) is 18.1 Å². The molecule has 0 saturated heterocycles. The Bertz CT molecular complexity index is 1410. The fraction of sp³-hybridized carbons (Fsp3) is 0.143. The number of rotatable bonds is 8. The summed E-state index contributed by atoms with van der Waals surface area (Å²) in [6.45, 7) is 4.21. The molecule has 4 aromatic rings. The zero-order chi connectivity index (χ0) is 25.8. The first-order valence-corrected chi connectivity index (χ1v) is 12.2. The van der Waals surface area contributed by atoms with Crippen molar-refractivity contribution in [2.45, 2.75) is 26.4 Å². The van der Waals surface area contributed by atoms with Crippen LogP contribution in [-0.4, -0.2) is 16.2 Å². The molecule has 0 aliphatic heterocycles. The number of benzene rings is 3. The van der Waals surface area contributed by atoms with Crippen molar-refractivity contribution in [1.29, 1.82) is 0 Å². The van der Waals surface area contributed by atoms with Gasteiger partial charge in [-0.05, 0) is 53.6 Å². The van der Waals surface area contributed by atoms with Crippen molar-refractivity contribution in [2.75, 3.05) is 0 Å². The van der Waals surface area contributed by atoms with Crippen molar-refractivity contribution in [3.05, 3.63) is 104 Å². The van der Waals surface area contributed by atoms with Gasteiger partial charge in [-0.15, -0.1) is 0 Å². The Morgan fingerprint density at radius 3 is 2.31 bits per heavy atom. The molecule has 0 bridgehead atoms. The normalized spacial score (nSPS) is 11.4. The molecule has 36 heavy (non-hydrogen) atoms. The Hall–Kier alpha value is -3.25. The van der Waals surface area contributed by atoms with Crippen LogP contribution >= 0.6 is 34.8 Å². The molecule has 0 aliphatic carbocycles. The number of aromatic carboxylic acids is 1. The van der Waals surface area contributed by atoms with Crippen LogP contribution in [0.3, 0.4) is 0 Å². The molecule has 0 saturated carbocycles. The predicted molar refractivity (Wildman–Crippen MR) is 144 cm³/mol. The maximum absolute atomic E-state index is 11.0. The monoisotopic (exact) mass is 541 g/mol. The van der Waals surface area contributed by atoms with Gasteiger partial charge in [-0.3, -0.25) is 0 Å². The van der Waals surface area contributed by atoms with Gasteiger partial charge >= 0.3 is 5.97 Å². The highest BCUT2D eigenvalue weighted by atomic mass is 35.5. The molecule has 0 fully saturated rings. The summed E-state index contributed by atoms with van der Waals surface area (Å²) in [6, 6.07) is 17.3. The van der Waals surface area contributed by atoms with E-state index < -0.39 is 5.97 Å². The number of carboxylic acids is 1. The van der Waals surface area contributed by atoms with Crippen molar-refractivity contribution < 1.29 is 19.2 Å². The van der Waals surface area contributed by atoms with Gasteiger partial charge in [0.1, 0.15) is 23.8 Å². The Kier molecular flexibility index (Phi) is 8.04. The molecule has 0 amide bonds. The van der Waals surface area contributed by atoms with Gasteiger partial charge in [0.2, 0.25) is 0 Å². The van der Waals surface area contributed by atoms with E-state index in [1.54, 1.807) is 48.5 Å². The summed E-state index contributed by atoms with van der Waals surface area (Å²) in [7, 11) is 0. The van der Waals surface area contributed by atoms with Gasteiger partial charge in [0.15, 0.2) is 0 Å². The second-order valence-electron chi connectivity index (χ2n) is 8.36. The Labute approximate surface area is 223 Å². The van der Waals surface area contributed by atoms with Gasteiger partial charge in [0, 0.05) is 11.5 Å². The predicted octanol–water partition coefficient (Wildman–Crippen LogP) is 8.87. The molecular formula is C28H22Cl3NO4. The Balaban J connectivity index is 1.54. The number of hydrogen-bond donors (Lipinski definition) is 1. The molecule has 4 rings (SSSR count). The first kappa shape index (κ1) is 25.8. The highest BCUT2D eigenvalue weighted by molar-refractivity contribution is 6.39. The lowest BCUT2D eigenvalue weighted by Gasteiger charge is -2.11. The molecule has 0 unspecified atom stereocenters. The Morgan fingerprint density at radius 2 is 1.69 bits per heavy atom. The Morgan fingerprint density at radius 1 is 1.00 bits per heavy atom. The maximum atomic E-state index is 11.0. The molecule has 1 aromatic heterocycles. The smallest absolute Gasteiger partial charge is 0.335 e. The third-order valence-corrected chi connectivity index (χ3v) is 6.47. The van der Waals surface area contributed by atoms with Crippen LogP contribution in [0.5, 0.6) is 5.75 Å². The first-order valence-electron chi connectivity index (χ1n) is 11.1. The van der Waals surface area contributed by atoms with Gasteiger partial charge in [-0.1, -0.05) is 84.2 Å².